The Morgan fingerprint density at radius 1 is 1.15 bits per heavy atom. The van der Waals surface area contributed by atoms with Crippen molar-refractivity contribution in [1.29, 1.82) is 0 Å². The minimum Gasteiger partial charge on any atom is -0.337 e. The molecule has 2 aromatic rings. The summed E-state index contributed by atoms with van der Waals surface area (Å²) < 4.78 is 39.6. The molecule has 1 aromatic heterocycles. The van der Waals surface area contributed by atoms with Gasteiger partial charge in [-0.15, -0.1) is 0 Å². The van der Waals surface area contributed by atoms with E-state index in [2.05, 4.69) is 5.32 Å². The Bertz CT molecular complexity index is 784. The lowest BCUT2D eigenvalue weighted by Gasteiger charge is -2.19. The van der Waals surface area contributed by atoms with Crippen LogP contribution in [0, 0.1) is 17.5 Å². The topological polar surface area (TPSA) is 53.9 Å². The summed E-state index contributed by atoms with van der Waals surface area (Å²) in [7, 11) is 3.31. The van der Waals surface area contributed by atoms with Gasteiger partial charge in [0.05, 0.1) is 12.7 Å². The van der Waals surface area contributed by atoms with E-state index in [1.807, 2.05) is 16.8 Å². The zero-order chi connectivity index (χ0) is 19.3. The van der Waals surface area contributed by atoms with Crippen molar-refractivity contribution in [3.05, 3.63) is 52.0 Å². The molecule has 140 valence electrons. The van der Waals surface area contributed by atoms with Crippen LogP contribution in [-0.4, -0.2) is 43.9 Å². The van der Waals surface area contributed by atoms with Crippen LogP contribution in [0.25, 0.3) is 0 Å². The Balaban J connectivity index is 1.85. The second kappa shape index (κ2) is 8.81. The number of carbonyl (C=O) groups excluding carboxylic acids is 2. The van der Waals surface area contributed by atoms with Gasteiger partial charge < -0.3 is 15.1 Å². The van der Waals surface area contributed by atoms with Gasteiger partial charge in [0.15, 0.2) is 30.5 Å². The number of quaternary nitrogens is 1. The average molecular weight is 386 g/mol. The maximum atomic E-state index is 13.6. The standard InChI is InChI=1S/C17H18F3N3O2S/c1-22(9-15(25)23(2)7-11-5-6-26-10-11)8-14(24)21-13-4-3-12(18)16(19)17(13)20/h3-6,10H,7-9H2,1-2H3,(H,21,24)/p+1. The van der Waals surface area contributed by atoms with Crippen molar-refractivity contribution >= 4 is 28.8 Å². The predicted octanol–water partition coefficient (Wildman–Crippen LogP) is 1.28. The van der Waals surface area contributed by atoms with E-state index in [0.717, 1.165) is 17.7 Å². The van der Waals surface area contributed by atoms with E-state index < -0.39 is 29.0 Å². The minimum atomic E-state index is -1.64. The lowest BCUT2D eigenvalue weighted by molar-refractivity contribution is -0.862. The zero-order valence-corrected chi connectivity index (χ0v) is 15.1. The molecular weight excluding hydrogens is 367 g/mol. The molecule has 2 amide bonds. The molecular formula is C17H19F3N3O2S+. The number of benzene rings is 1. The molecule has 0 aliphatic rings. The summed E-state index contributed by atoms with van der Waals surface area (Å²) in [5.41, 5.74) is 0.581. The van der Waals surface area contributed by atoms with Crippen molar-refractivity contribution < 1.29 is 27.7 Å². The fourth-order valence-electron chi connectivity index (χ4n) is 2.29. The Hall–Kier alpha value is -2.39. The highest BCUT2D eigenvalue weighted by molar-refractivity contribution is 7.07. The van der Waals surface area contributed by atoms with Crippen LogP contribution >= 0.6 is 11.3 Å². The number of carbonyl (C=O) groups is 2. The Kier molecular flexibility index (Phi) is 6.76. The molecule has 0 saturated carbocycles. The number of amides is 2. The quantitative estimate of drug-likeness (QED) is 0.705. The summed E-state index contributed by atoms with van der Waals surface area (Å²) in [4.78, 5) is 26.3. The molecule has 0 aliphatic carbocycles. The molecule has 9 heteroatoms. The number of thiophene rings is 1. The van der Waals surface area contributed by atoms with E-state index in [1.54, 1.807) is 30.3 Å². The van der Waals surface area contributed by atoms with Gasteiger partial charge >= 0.3 is 0 Å². The second-order valence-corrected chi connectivity index (χ2v) is 6.74. The molecule has 0 aliphatic heterocycles. The summed E-state index contributed by atoms with van der Waals surface area (Å²) >= 11 is 1.54. The largest absolute Gasteiger partial charge is 0.337 e. The number of halogens is 3. The summed E-state index contributed by atoms with van der Waals surface area (Å²) in [5, 5.41) is 6.06. The second-order valence-electron chi connectivity index (χ2n) is 5.96. The fourth-order valence-corrected chi connectivity index (χ4v) is 2.95. The van der Waals surface area contributed by atoms with Gasteiger partial charge in [-0.05, 0) is 34.5 Å². The number of anilines is 1. The lowest BCUT2D eigenvalue weighted by Crippen LogP contribution is -3.11. The van der Waals surface area contributed by atoms with E-state index in [9.17, 15) is 22.8 Å². The molecule has 2 rings (SSSR count). The van der Waals surface area contributed by atoms with Gasteiger partial charge in [-0.25, -0.2) is 13.2 Å². The summed E-state index contributed by atoms with van der Waals surface area (Å²) in [6.45, 7) is 0.409. The van der Waals surface area contributed by atoms with Crippen LogP contribution < -0.4 is 10.2 Å². The van der Waals surface area contributed by atoms with Crippen LogP contribution in [0.5, 0.6) is 0 Å². The van der Waals surface area contributed by atoms with E-state index in [0.29, 0.717) is 11.4 Å². The van der Waals surface area contributed by atoms with Crippen molar-refractivity contribution in [2.24, 2.45) is 0 Å². The van der Waals surface area contributed by atoms with Crippen molar-refractivity contribution in [3.63, 3.8) is 0 Å². The number of hydrogen-bond donors (Lipinski definition) is 2. The van der Waals surface area contributed by atoms with Crippen molar-refractivity contribution in [1.82, 2.24) is 4.90 Å². The molecule has 1 heterocycles. The molecule has 0 spiro atoms. The van der Waals surface area contributed by atoms with E-state index in [4.69, 9.17) is 0 Å². The smallest absolute Gasteiger partial charge is 0.279 e. The minimum absolute atomic E-state index is 0.0638. The number of hydrogen-bond acceptors (Lipinski definition) is 3. The SMILES string of the molecule is CN(Cc1ccsc1)C(=O)C[NH+](C)CC(=O)Nc1ccc(F)c(F)c1F. The highest BCUT2D eigenvalue weighted by atomic mass is 32.1. The Labute approximate surface area is 153 Å². The first-order valence-corrected chi connectivity index (χ1v) is 8.72. The maximum absolute atomic E-state index is 13.6. The number of nitrogens with zero attached hydrogens (tertiary/aromatic N) is 1. The summed E-state index contributed by atoms with van der Waals surface area (Å²) in [6, 6.07) is 3.60. The Morgan fingerprint density at radius 2 is 1.88 bits per heavy atom. The molecule has 1 aromatic carbocycles. The third-order valence-corrected chi connectivity index (χ3v) is 4.38. The van der Waals surface area contributed by atoms with Crippen LogP contribution in [0.1, 0.15) is 5.56 Å². The van der Waals surface area contributed by atoms with Crippen LogP contribution in [0.2, 0.25) is 0 Å². The van der Waals surface area contributed by atoms with Crippen molar-refractivity contribution in [3.8, 4) is 0 Å². The number of rotatable bonds is 7. The highest BCUT2D eigenvalue weighted by Crippen LogP contribution is 2.19. The molecule has 0 bridgehead atoms. The van der Waals surface area contributed by atoms with Crippen LogP contribution in [0.15, 0.2) is 29.0 Å². The van der Waals surface area contributed by atoms with Crippen LogP contribution in [0.3, 0.4) is 0 Å². The molecule has 1 unspecified atom stereocenters. The third kappa shape index (κ3) is 5.30. The van der Waals surface area contributed by atoms with Gasteiger partial charge in [-0.2, -0.15) is 11.3 Å². The first kappa shape index (κ1) is 19.9. The molecule has 5 nitrogen and oxygen atoms in total. The van der Waals surface area contributed by atoms with Gasteiger partial charge in [-0.1, -0.05) is 0 Å². The summed E-state index contributed by atoms with van der Waals surface area (Å²) in [5.74, 6) is -5.19. The van der Waals surface area contributed by atoms with Crippen LogP contribution in [-0.2, 0) is 16.1 Å². The van der Waals surface area contributed by atoms with E-state index in [-0.39, 0.29) is 19.0 Å². The van der Waals surface area contributed by atoms with Gasteiger partial charge in [-0.3, -0.25) is 9.59 Å². The molecule has 1 atom stereocenters. The highest BCUT2D eigenvalue weighted by Gasteiger charge is 2.20. The van der Waals surface area contributed by atoms with Gasteiger partial charge in [0.1, 0.15) is 0 Å². The average Bonchev–Trinajstić information content (AvgIpc) is 3.08. The van der Waals surface area contributed by atoms with E-state index >= 15 is 0 Å². The maximum Gasteiger partial charge on any atom is 0.279 e. The fraction of sp³-hybridized carbons (Fsp3) is 0.294. The monoisotopic (exact) mass is 386 g/mol. The van der Waals surface area contributed by atoms with Gasteiger partial charge in [0.25, 0.3) is 11.8 Å². The van der Waals surface area contributed by atoms with E-state index in [1.165, 1.54) is 0 Å². The first-order valence-electron chi connectivity index (χ1n) is 7.77. The zero-order valence-electron chi connectivity index (χ0n) is 14.3. The molecule has 0 radical (unpaired) electrons. The number of likely N-dealkylation sites (N-methyl/N-ethyl adjacent to an activating group) is 2. The van der Waals surface area contributed by atoms with Crippen molar-refractivity contribution in [2.75, 3.05) is 32.5 Å². The number of nitrogens with one attached hydrogen (secondary N) is 2. The molecule has 0 saturated heterocycles. The van der Waals surface area contributed by atoms with Crippen molar-refractivity contribution in [2.45, 2.75) is 6.54 Å². The van der Waals surface area contributed by atoms with Gasteiger partial charge in [0.2, 0.25) is 0 Å². The molecule has 26 heavy (non-hydrogen) atoms. The van der Waals surface area contributed by atoms with Gasteiger partial charge in [0, 0.05) is 13.6 Å². The summed E-state index contributed by atoms with van der Waals surface area (Å²) in [6.07, 6.45) is 0. The Morgan fingerprint density at radius 3 is 2.54 bits per heavy atom. The molecule has 2 N–H and O–H groups in total. The normalized spacial score (nSPS) is 11.9. The third-order valence-electron chi connectivity index (χ3n) is 3.65. The first-order chi connectivity index (χ1) is 12.3. The van der Waals surface area contributed by atoms with Crippen LogP contribution in [0.4, 0.5) is 18.9 Å². The predicted molar refractivity (Wildman–Crippen MR) is 92.4 cm³/mol. The lowest BCUT2D eigenvalue weighted by atomic mass is 10.2. The molecule has 0 fully saturated rings.